The molecule has 0 radical (unpaired) electrons. The van der Waals surface area contributed by atoms with Crippen molar-refractivity contribution in [1.29, 1.82) is 0 Å². The molecule has 1 aliphatic heterocycles. The number of hydrogen-bond donors (Lipinski definition) is 1. The number of rotatable bonds is 4. The van der Waals surface area contributed by atoms with Crippen molar-refractivity contribution in [3.8, 4) is 0 Å². The summed E-state index contributed by atoms with van der Waals surface area (Å²) in [6, 6.07) is 5.22. The standard InChI is InChI=1S/C16H22N4O4S2/c1-13-4-5-15(14(2)10-13)25(21,22)19-6-3-7-20(9-8-19)26(23,24)16-11-17-12-18-16/h4-5,10-12H,3,6-9H2,1-2H3,(H,17,18). The van der Waals surface area contributed by atoms with Gasteiger partial charge in [-0.3, -0.25) is 0 Å². The van der Waals surface area contributed by atoms with Gasteiger partial charge in [0.1, 0.15) is 0 Å². The number of imidazole rings is 1. The van der Waals surface area contributed by atoms with Crippen LogP contribution in [-0.4, -0.2) is 61.6 Å². The molecule has 0 unspecified atom stereocenters. The van der Waals surface area contributed by atoms with Crippen molar-refractivity contribution in [3.05, 3.63) is 41.9 Å². The van der Waals surface area contributed by atoms with Crippen LogP contribution in [0.3, 0.4) is 0 Å². The summed E-state index contributed by atoms with van der Waals surface area (Å²) in [5.41, 5.74) is 1.69. The van der Waals surface area contributed by atoms with E-state index in [4.69, 9.17) is 0 Å². The third kappa shape index (κ3) is 3.54. The molecular formula is C16H22N4O4S2. The molecule has 26 heavy (non-hydrogen) atoms. The molecule has 0 bridgehead atoms. The lowest BCUT2D eigenvalue weighted by atomic mass is 10.2. The van der Waals surface area contributed by atoms with Crippen LogP contribution in [-0.2, 0) is 20.0 Å². The molecule has 0 amide bonds. The van der Waals surface area contributed by atoms with Gasteiger partial charge in [-0.15, -0.1) is 0 Å². The molecule has 0 spiro atoms. The highest BCUT2D eigenvalue weighted by Crippen LogP contribution is 2.23. The molecular weight excluding hydrogens is 376 g/mol. The highest BCUT2D eigenvalue weighted by molar-refractivity contribution is 7.89. The lowest BCUT2D eigenvalue weighted by Gasteiger charge is -2.22. The molecule has 142 valence electrons. The van der Waals surface area contributed by atoms with Crippen molar-refractivity contribution in [2.45, 2.75) is 30.2 Å². The molecule has 10 heteroatoms. The third-order valence-electron chi connectivity index (χ3n) is 4.45. The maximum Gasteiger partial charge on any atom is 0.260 e. The summed E-state index contributed by atoms with van der Waals surface area (Å²) in [5, 5.41) is 0.0168. The van der Waals surface area contributed by atoms with Crippen molar-refractivity contribution >= 4 is 20.0 Å². The molecule has 0 saturated carbocycles. The van der Waals surface area contributed by atoms with Gasteiger partial charge >= 0.3 is 0 Å². The topological polar surface area (TPSA) is 103 Å². The molecule has 0 atom stereocenters. The fourth-order valence-electron chi connectivity index (χ4n) is 3.10. The van der Waals surface area contributed by atoms with Crippen molar-refractivity contribution in [3.63, 3.8) is 0 Å². The number of aromatic amines is 1. The van der Waals surface area contributed by atoms with Crippen LogP contribution in [0.2, 0.25) is 0 Å². The Balaban J connectivity index is 1.82. The minimum Gasteiger partial charge on any atom is -0.335 e. The predicted molar refractivity (Wildman–Crippen MR) is 96.6 cm³/mol. The minimum atomic E-state index is -3.70. The number of benzene rings is 1. The second kappa shape index (κ2) is 7.10. The summed E-state index contributed by atoms with van der Waals surface area (Å²) in [7, 11) is -7.36. The molecule has 1 aromatic carbocycles. The zero-order valence-corrected chi connectivity index (χ0v) is 16.3. The smallest absolute Gasteiger partial charge is 0.260 e. The Morgan fingerprint density at radius 1 is 0.962 bits per heavy atom. The second-order valence-electron chi connectivity index (χ2n) is 6.35. The third-order valence-corrected chi connectivity index (χ3v) is 8.34. The molecule has 1 aliphatic rings. The van der Waals surface area contributed by atoms with Gasteiger partial charge in [0.25, 0.3) is 10.0 Å². The summed E-state index contributed by atoms with van der Waals surface area (Å²) in [5.74, 6) is 0. The van der Waals surface area contributed by atoms with Crippen molar-refractivity contribution in [2.24, 2.45) is 0 Å². The van der Waals surface area contributed by atoms with E-state index in [1.165, 1.54) is 21.1 Å². The number of nitrogens with zero attached hydrogens (tertiary/aromatic N) is 3. The fourth-order valence-corrected chi connectivity index (χ4v) is 6.14. The van der Waals surface area contributed by atoms with E-state index in [1.54, 1.807) is 19.1 Å². The number of aromatic nitrogens is 2. The average molecular weight is 399 g/mol. The van der Waals surface area contributed by atoms with Gasteiger partial charge in [0.15, 0.2) is 5.03 Å². The monoisotopic (exact) mass is 398 g/mol. The zero-order valence-electron chi connectivity index (χ0n) is 14.7. The van der Waals surface area contributed by atoms with Gasteiger partial charge in [0.2, 0.25) is 10.0 Å². The van der Waals surface area contributed by atoms with Crippen LogP contribution < -0.4 is 0 Å². The molecule has 3 rings (SSSR count). The number of hydrogen-bond acceptors (Lipinski definition) is 5. The normalized spacial score (nSPS) is 17.9. The zero-order chi connectivity index (χ0) is 18.9. The van der Waals surface area contributed by atoms with Gasteiger partial charge in [0, 0.05) is 26.2 Å². The summed E-state index contributed by atoms with van der Waals surface area (Å²) >= 11 is 0. The Labute approximate surface area is 154 Å². The van der Waals surface area contributed by atoms with Crippen LogP contribution in [0, 0.1) is 13.8 Å². The van der Waals surface area contributed by atoms with E-state index >= 15 is 0 Å². The van der Waals surface area contributed by atoms with E-state index in [-0.39, 0.29) is 36.1 Å². The van der Waals surface area contributed by atoms with E-state index in [0.717, 1.165) is 5.56 Å². The Morgan fingerprint density at radius 3 is 2.19 bits per heavy atom. The van der Waals surface area contributed by atoms with Gasteiger partial charge in [-0.1, -0.05) is 17.7 Å². The van der Waals surface area contributed by atoms with E-state index < -0.39 is 20.0 Å². The Hall–Kier alpha value is -1.75. The Bertz CT molecular complexity index is 985. The minimum absolute atomic E-state index is 0.0168. The van der Waals surface area contributed by atoms with Crippen LogP contribution in [0.25, 0.3) is 0 Å². The fraction of sp³-hybridized carbons (Fsp3) is 0.438. The van der Waals surface area contributed by atoms with Gasteiger partial charge in [-0.2, -0.15) is 8.61 Å². The Kier molecular flexibility index (Phi) is 5.20. The maximum absolute atomic E-state index is 13.0. The SMILES string of the molecule is Cc1ccc(S(=O)(=O)N2CCCN(S(=O)(=O)c3cnc[nH]3)CC2)c(C)c1. The molecule has 1 N–H and O–H groups in total. The van der Waals surface area contributed by atoms with Crippen molar-refractivity contribution in [2.75, 3.05) is 26.2 Å². The van der Waals surface area contributed by atoms with Gasteiger partial charge < -0.3 is 4.98 Å². The van der Waals surface area contributed by atoms with E-state index in [9.17, 15) is 16.8 Å². The van der Waals surface area contributed by atoms with Crippen LogP contribution >= 0.6 is 0 Å². The van der Waals surface area contributed by atoms with E-state index in [0.29, 0.717) is 12.0 Å². The first-order valence-electron chi connectivity index (χ1n) is 8.29. The van der Waals surface area contributed by atoms with Gasteiger partial charge in [0.05, 0.1) is 17.4 Å². The number of aryl methyl sites for hydroxylation is 2. The largest absolute Gasteiger partial charge is 0.335 e. The molecule has 1 aromatic heterocycles. The number of H-pyrrole nitrogens is 1. The predicted octanol–water partition coefficient (Wildman–Crippen LogP) is 1.11. The quantitative estimate of drug-likeness (QED) is 0.831. The summed E-state index contributed by atoms with van der Waals surface area (Å²) in [6.45, 7) is 4.44. The first kappa shape index (κ1) is 19.0. The highest BCUT2D eigenvalue weighted by Gasteiger charge is 2.32. The first-order valence-corrected chi connectivity index (χ1v) is 11.2. The first-order chi connectivity index (χ1) is 12.2. The molecule has 1 fully saturated rings. The van der Waals surface area contributed by atoms with Gasteiger partial charge in [-0.05, 0) is 31.9 Å². The molecule has 0 aliphatic carbocycles. The number of nitrogens with one attached hydrogen (secondary N) is 1. The van der Waals surface area contributed by atoms with Crippen LogP contribution in [0.5, 0.6) is 0 Å². The van der Waals surface area contributed by atoms with Crippen LogP contribution in [0.15, 0.2) is 40.6 Å². The molecule has 1 saturated heterocycles. The van der Waals surface area contributed by atoms with Crippen molar-refractivity contribution in [1.82, 2.24) is 18.6 Å². The summed E-state index contributed by atoms with van der Waals surface area (Å²) < 4.78 is 53.9. The van der Waals surface area contributed by atoms with Crippen LogP contribution in [0.1, 0.15) is 17.5 Å². The Morgan fingerprint density at radius 2 is 1.62 bits per heavy atom. The average Bonchev–Trinajstić information content (AvgIpc) is 2.99. The summed E-state index contributed by atoms with van der Waals surface area (Å²) in [6.07, 6.45) is 2.99. The van der Waals surface area contributed by atoms with E-state index in [1.807, 2.05) is 13.0 Å². The molecule has 2 heterocycles. The second-order valence-corrected chi connectivity index (χ2v) is 10.2. The van der Waals surface area contributed by atoms with Crippen molar-refractivity contribution < 1.29 is 16.8 Å². The maximum atomic E-state index is 13.0. The number of sulfonamides is 2. The highest BCUT2D eigenvalue weighted by atomic mass is 32.2. The summed E-state index contributed by atoms with van der Waals surface area (Å²) in [4.78, 5) is 6.62. The lowest BCUT2D eigenvalue weighted by molar-refractivity contribution is 0.403. The molecule has 2 aromatic rings. The van der Waals surface area contributed by atoms with Gasteiger partial charge in [-0.25, -0.2) is 21.8 Å². The van der Waals surface area contributed by atoms with Crippen LogP contribution in [0.4, 0.5) is 0 Å². The molecule has 8 nitrogen and oxygen atoms in total. The lowest BCUT2D eigenvalue weighted by Crippen LogP contribution is -2.37. The van der Waals surface area contributed by atoms with E-state index in [2.05, 4.69) is 9.97 Å².